The molecular weight excluding hydrogens is 556 g/mol. The zero-order chi connectivity index (χ0) is 31.6. The van der Waals surface area contributed by atoms with Gasteiger partial charge in [-0.3, -0.25) is 23.4 Å². The van der Waals surface area contributed by atoms with Crippen molar-refractivity contribution in [2.24, 2.45) is 22.7 Å². The monoisotopic (exact) mass is 608 g/mol. The molecule has 42 heavy (non-hydrogen) atoms. The van der Waals surface area contributed by atoms with Crippen LogP contribution in [0.25, 0.3) is 0 Å². The van der Waals surface area contributed by atoms with Crippen LogP contribution < -0.4 is 16.0 Å². The number of hydrogen-bond acceptors (Lipinski definition) is 6. The zero-order valence-electron chi connectivity index (χ0n) is 26.8. The topological polar surface area (TPSA) is 142 Å². The van der Waals surface area contributed by atoms with E-state index in [1.165, 1.54) is 6.92 Å². The molecule has 3 rings (SSSR count). The maximum absolute atomic E-state index is 14.2. The molecule has 3 fully saturated rings. The highest BCUT2D eigenvalue weighted by atomic mass is 32.2. The molecular formula is C31H52N4O6S. The smallest absolute Gasteiger partial charge is 0.315 e. The fourth-order valence-electron chi connectivity index (χ4n) is 7.04. The highest BCUT2D eigenvalue weighted by Gasteiger charge is 2.70. The lowest BCUT2D eigenvalue weighted by Crippen LogP contribution is -2.63. The van der Waals surface area contributed by atoms with Crippen molar-refractivity contribution >= 4 is 40.2 Å². The minimum absolute atomic E-state index is 0.0832. The van der Waals surface area contributed by atoms with Crippen molar-refractivity contribution in [3.05, 3.63) is 0 Å². The van der Waals surface area contributed by atoms with E-state index in [2.05, 4.69) is 29.8 Å². The highest BCUT2D eigenvalue weighted by molar-refractivity contribution is 7.85. The number of urea groups is 1. The van der Waals surface area contributed by atoms with Crippen molar-refractivity contribution in [2.45, 2.75) is 124 Å². The van der Waals surface area contributed by atoms with Gasteiger partial charge in [0.1, 0.15) is 12.1 Å². The van der Waals surface area contributed by atoms with Gasteiger partial charge in [-0.15, -0.1) is 0 Å². The Bertz CT molecular complexity index is 1090. The fraction of sp³-hybridized carbons (Fsp3) is 0.839. The number of hydrogen-bond donors (Lipinski definition) is 3. The van der Waals surface area contributed by atoms with E-state index >= 15 is 0 Å². The molecule has 238 valence electrons. The summed E-state index contributed by atoms with van der Waals surface area (Å²) < 4.78 is 12.5. The first-order valence-corrected chi connectivity index (χ1v) is 17.1. The number of nitrogens with one attached hydrogen (secondary N) is 3. The number of nitrogens with zero attached hydrogens (tertiary/aromatic N) is 1. The van der Waals surface area contributed by atoms with Crippen LogP contribution in [0.3, 0.4) is 0 Å². The molecule has 0 aromatic rings. The highest BCUT2D eigenvalue weighted by Crippen LogP contribution is 2.65. The van der Waals surface area contributed by atoms with Crippen LogP contribution in [0, 0.1) is 22.7 Å². The first kappa shape index (κ1) is 34.2. The summed E-state index contributed by atoms with van der Waals surface area (Å²) in [4.78, 5) is 67.3. The number of carbonyl (C=O) groups is 5. The van der Waals surface area contributed by atoms with Crippen LogP contribution in [0.5, 0.6) is 0 Å². The molecule has 10 nitrogen and oxygen atoms in total. The van der Waals surface area contributed by atoms with Gasteiger partial charge < -0.3 is 20.9 Å². The van der Waals surface area contributed by atoms with Crippen LogP contribution in [0.15, 0.2) is 0 Å². The third kappa shape index (κ3) is 7.42. The Balaban J connectivity index is 1.83. The van der Waals surface area contributed by atoms with Crippen LogP contribution in [0.4, 0.5) is 4.79 Å². The van der Waals surface area contributed by atoms with Crippen molar-refractivity contribution < 1.29 is 28.2 Å². The number of carbonyl (C=O) groups excluding carboxylic acids is 5. The number of amides is 4. The standard InChI is InChI=1S/C31H52N4O6S/c1-9-14-21(24(37)19(3)36)32-26(38)23-22-20(30(22,7)8)17-35(23)27(39)25(29(4,5)6)33-28(40)34-31(18-42(41)10-2)15-12-11-13-16-31/h20-23,25H,9-18H2,1-8H3,(H,32,38)(H2,33,34,40)/t20-,21?,22-,23-,25+,42?/m0/s1. The second-order valence-electron chi connectivity index (χ2n) is 14.3. The van der Waals surface area contributed by atoms with Gasteiger partial charge in [0, 0.05) is 35.8 Å². The lowest BCUT2D eigenvalue weighted by atomic mass is 9.83. The molecule has 4 amide bonds. The van der Waals surface area contributed by atoms with Crippen molar-refractivity contribution in [1.29, 1.82) is 0 Å². The van der Waals surface area contributed by atoms with E-state index in [9.17, 15) is 28.2 Å². The Labute approximate surface area is 253 Å². The molecule has 1 saturated heterocycles. The lowest BCUT2D eigenvalue weighted by Gasteiger charge is -2.40. The fourth-order valence-corrected chi connectivity index (χ4v) is 8.22. The molecule has 11 heteroatoms. The largest absolute Gasteiger partial charge is 0.344 e. The molecule has 0 spiro atoms. The van der Waals surface area contributed by atoms with E-state index in [0.29, 0.717) is 30.9 Å². The molecule has 0 radical (unpaired) electrons. The summed E-state index contributed by atoms with van der Waals surface area (Å²) >= 11 is 0. The minimum Gasteiger partial charge on any atom is -0.344 e. The predicted octanol–water partition coefficient (Wildman–Crippen LogP) is 3.10. The Morgan fingerprint density at radius 1 is 1.00 bits per heavy atom. The van der Waals surface area contributed by atoms with Crippen LogP contribution in [0.2, 0.25) is 0 Å². The maximum Gasteiger partial charge on any atom is 0.315 e. The lowest BCUT2D eigenvalue weighted by molar-refractivity contribution is -0.145. The maximum atomic E-state index is 14.2. The van der Waals surface area contributed by atoms with Gasteiger partial charge in [-0.1, -0.05) is 74.1 Å². The van der Waals surface area contributed by atoms with Gasteiger partial charge in [0.15, 0.2) is 5.78 Å². The molecule has 0 aromatic heterocycles. The molecule has 3 aliphatic rings. The molecule has 0 aromatic carbocycles. The van der Waals surface area contributed by atoms with Gasteiger partial charge in [-0.05, 0) is 41.9 Å². The summed E-state index contributed by atoms with van der Waals surface area (Å²) in [6, 6.07) is -3.13. The Kier molecular flexibility index (Phi) is 10.7. The third-order valence-electron chi connectivity index (χ3n) is 9.65. The third-order valence-corrected chi connectivity index (χ3v) is 11.2. The van der Waals surface area contributed by atoms with Crippen LogP contribution in [-0.2, 0) is 30.0 Å². The minimum atomic E-state index is -1.06. The number of likely N-dealkylation sites (tertiary alicyclic amines) is 1. The van der Waals surface area contributed by atoms with Crippen LogP contribution in [-0.4, -0.2) is 80.2 Å². The summed E-state index contributed by atoms with van der Waals surface area (Å²) in [7, 11) is -1.06. The van der Waals surface area contributed by atoms with Gasteiger partial charge in [-0.25, -0.2) is 4.79 Å². The quantitative estimate of drug-likeness (QED) is 0.291. The van der Waals surface area contributed by atoms with Gasteiger partial charge in [0.2, 0.25) is 17.6 Å². The van der Waals surface area contributed by atoms with E-state index in [0.717, 1.165) is 32.1 Å². The summed E-state index contributed by atoms with van der Waals surface area (Å²) in [5.74, 6) is -1.10. The van der Waals surface area contributed by atoms with E-state index in [-0.39, 0.29) is 23.2 Å². The average molecular weight is 609 g/mol. The van der Waals surface area contributed by atoms with Crippen molar-refractivity contribution in [3.8, 4) is 0 Å². The van der Waals surface area contributed by atoms with Crippen LogP contribution >= 0.6 is 0 Å². The SMILES string of the molecule is CCCC(NC(=O)[C@@H]1[C@@H]2[C@H](CN1C(=O)[C@@H](NC(=O)NC1(CS(=O)CC)CCCCC1)C(C)(C)C)C2(C)C)C(=O)C(C)=O. The number of rotatable bonds is 12. The molecule has 3 N–H and O–H groups in total. The average Bonchev–Trinajstić information content (AvgIpc) is 3.22. The van der Waals surface area contributed by atoms with E-state index in [1.54, 1.807) is 4.90 Å². The second kappa shape index (κ2) is 13.1. The van der Waals surface area contributed by atoms with Crippen molar-refractivity contribution in [1.82, 2.24) is 20.9 Å². The summed E-state index contributed by atoms with van der Waals surface area (Å²) in [5.41, 5.74) is -1.39. The summed E-state index contributed by atoms with van der Waals surface area (Å²) in [6.07, 6.45) is 5.37. The van der Waals surface area contributed by atoms with Gasteiger partial charge in [0.05, 0.1) is 11.6 Å². The van der Waals surface area contributed by atoms with Crippen molar-refractivity contribution in [3.63, 3.8) is 0 Å². The number of fused-ring (bicyclic) bond motifs is 1. The second-order valence-corrected chi connectivity index (χ2v) is 16.0. The molecule has 2 unspecified atom stereocenters. The van der Waals surface area contributed by atoms with E-state index in [1.807, 2.05) is 34.6 Å². The van der Waals surface area contributed by atoms with Crippen LogP contribution in [0.1, 0.15) is 100 Å². The van der Waals surface area contributed by atoms with E-state index < -0.39 is 63.4 Å². The molecule has 2 saturated carbocycles. The molecule has 6 atom stereocenters. The molecule has 0 bridgehead atoms. The predicted molar refractivity (Wildman–Crippen MR) is 163 cm³/mol. The van der Waals surface area contributed by atoms with Gasteiger partial charge in [0.25, 0.3) is 0 Å². The normalized spacial score (nSPS) is 26.3. The number of ketones is 2. The van der Waals surface area contributed by atoms with Gasteiger partial charge >= 0.3 is 6.03 Å². The summed E-state index contributed by atoms with van der Waals surface area (Å²) in [6.45, 7) is 15.1. The van der Waals surface area contributed by atoms with E-state index in [4.69, 9.17) is 0 Å². The summed E-state index contributed by atoms with van der Waals surface area (Å²) in [5, 5.41) is 8.83. The Morgan fingerprint density at radius 2 is 1.62 bits per heavy atom. The number of piperidine rings is 1. The first-order chi connectivity index (χ1) is 19.5. The number of Topliss-reactive ketones (excluding diaryl/α,β-unsaturated/α-hetero) is 2. The molecule has 2 aliphatic carbocycles. The molecule has 1 heterocycles. The molecule has 1 aliphatic heterocycles. The van der Waals surface area contributed by atoms with Crippen molar-refractivity contribution in [2.75, 3.05) is 18.1 Å². The Hall–Kier alpha value is -2.30. The first-order valence-electron chi connectivity index (χ1n) is 15.6. The van der Waals surface area contributed by atoms with Gasteiger partial charge in [-0.2, -0.15) is 0 Å². The zero-order valence-corrected chi connectivity index (χ0v) is 27.6. The Morgan fingerprint density at radius 3 is 2.14 bits per heavy atom.